The van der Waals surface area contributed by atoms with E-state index >= 15 is 0 Å². The molecule has 4 N–H and O–H groups in total. The first-order valence-electron chi connectivity index (χ1n) is 10.0. The van der Waals surface area contributed by atoms with Crippen molar-refractivity contribution in [3.63, 3.8) is 0 Å². The fourth-order valence-corrected chi connectivity index (χ4v) is 3.13. The maximum atomic E-state index is 12.7. The summed E-state index contributed by atoms with van der Waals surface area (Å²) < 4.78 is 11.0. The number of rotatable bonds is 9. The summed E-state index contributed by atoms with van der Waals surface area (Å²) >= 11 is 0. The molecule has 0 saturated carbocycles. The van der Waals surface area contributed by atoms with E-state index in [-0.39, 0.29) is 19.6 Å². The van der Waals surface area contributed by atoms with Gasteiger partial charge in [-0.1, -0.05) is 54.6 Å². The lowest BCUT2D eigenvalue weighted by atomic mass is 10.1. The molecule has 3 aromatic carbocycles. The van der Waals surface area contributed by atoms with Crippen LogP contribution in [0.2, 0.25) is 0 Å². The fraction of sp³-hybridized carbons (Fsp3) is 0.167. The second-order valence-corrected chi connectivity index (χ2v) is 6.80. The molecule has 0 aliphatic heterocycles. The number of aliphatic hydroxyl groups excluding tert-OH is 1. The van der Waals surface area contributed by atoms with Crippen LogP contribution in [-0.2, 0) is 9.53 Å². The molecule has 1 atom stereocenters. The van der Waals surface area contributed by atoms with Crippen molar-refractivity contribution < 1.29 is 29.4 Å². The summed E-state index contributed by atoms with van der Waals surface area (Å²) in [6.45, 7) is 0.0747. The number of nitrogens with one attached hydrogen (secondary N) is 2. The van der Waals surface area contributed by atoms with E-state index in [0.29, 0.717) is 17.0 Å². The molecule has 0 aliphatic rings. The van der Waals surface area contributed by atoms with Crippen LogP contribution in [0.5, 0.6) is 5.75 Å². The summed E-state index contributed by atoms with van der Waals surface area (Å²) in [5.41, 5.74) is 2.82. The second kappa shape index (κ2) is 11.5. The number of fused-ring (bicyclic) bond motifs is 1. The molecule has 0 fully saturated rings. The summed E-state index contributed by atoms with van der Waals surface area (Å²) in [6.07, 6.45) is 1.51. The molecule has 0 heterocycles. The summed E-state index contributed by atoms with van der Waals surface area (Å²) in [6, 6.07) is 20.1. The lowest BCUT2D eigenvalue weighted by Crippen LogP contribution is -2.18. The number of hydroxylamine groups is 1. The molecule has 0 saturated heterocycles. The van der Waals surface area contributed by atoms with Crippen LogP contribution in [0.4, 0.5) is 10.5 Å². The number of benzene rings is 3. The molecule has 0 unspecified atom stereocenters. The number of carbonyl (C=O) groups excluding carboxylic acids is 2. The van der Waals surface area contributed by atoms with Gasteiger partial charge < -0.3 is 14.6 Å². The van der Waals surface area contributed by atoms with Crippen molar-refractivity contribution in [1.29, 1.82) is 0 Å². The van der Waals surface area contributed by atoms with E-state index in [9.17, 15) is 9.59 Å². The van der Waals surface area contributed by atoms with Gasteiger partial charge in [0.1, 0.15) is 18.5 Å². The zero-order valence-corrected chi connectivity index (χ0v) is 17.2. The van der Waals surface area contributed by atoms with Crippen LogP contribution in [0.25, 0.3) is 10.8 Å². The van der Waals surface area contributed by atoms with Crippen LogP contribution in [0, 0.1) is 0 Å². The van der Waals surface area contributed by atoms with Gasteiger partial charge in [-0.3, -0.25) is 15.3 Å². The second-order valence-electron chi connectivity index (χ2n) is 6.80. The van der Waals surface area contributed by atoms with Gasteiger partial charge in [0, 0.05) is 17.9 Å². The largest absolute Gasteiger partial charge is 0.491 e. The molecule has 2 amide bonds. The Labute approximate surface area is 185 Å². The number of hydrogen-bond donors (Lipinski definition) is 4. The van der Waals surface area contributed by atoms with E-state index in [1.165, 1.54) is 11.6 Å². The van der Waals surface area contributed by atoms with Crippen molar-refractivity contribution >= 4 is 28.5 Å². The Hall–Kier alpha value is -3.88. The lowest BCUT2D eigenvalue weighted by Gasteiger charge is -2.18. The number of anilines is 1. The van der Waals surface area contributed by atoms with Gasteiger partial charge in [0.15, 0.2) is 0 Å². The highest BCUT2D eigenvalue weighted by Crippen LogP contribution is 2.27. The van der Waals surface area contributed by atoms with Gasteiger partial charge in [0.25, 0.3) is 5.91 Å². The highest BCUT2D eigenvalue weighted by Gasteiger charge is 2.17. The van der Waals surface area contributed by atoms with Gasteiger partial charge in [-0.25, -0.2) is 10.3 Å². The highest BCUT2D eigenvalue weighted by molar-refractivity contribution is 6.00. The minimum Gasteiger partial charge on any atom is -0.491 e. The van der Waals surface area contributed by atoms with Gasteiger partial charge in [-0.2, -0.15) is 0 Å². The Morgan fingerprint density at radius 2 is 1.75 bits per heavy atom. The zero-order valence-electron chi connectivity index (χ0n) is 17.2. The van der Waals surface area contributed by atoms with E-state index in [1.807, 2.05) is 36.4 Å². The Morgan fingerprint density at radius 3 is 2.50 bits per heavy atom. The van der Waals surface area contributed by atoms with E-state index in [1.54, 1.807) is 30.3 Å². The highest BCUT2D eigenvalue weighted by atomic mass is 16.6. The van der Waals surface area contributed by atoms with Crippen molar-refractivity contribution in [2.24, 2.45) is 0 Å². The molecule has 8 nitrogen and oxygen atoms in total. The Bertz CT molecular complexity index is 1080. The first-order valence-corrected chi connectivity index (χ1v) is 10.0. The van der Waals surface area contributed by atoms with Crippen LogP contribution in [0.3, 0.4) is 0 Å². The van der Waals surface area contributed by atoms with Gasteiger partial charge in [0.2, 0.25) is 0 Å². The number of ether oxygens (including phenoxy) is 2. The van der Waals surface area contributed by atoms with Crippen LogP contribution < -0.4 is 15.5 Å². The number of hydrogen-bond acceptors (Lipinski definition) is 6. The van der Waals surface area contributed by atoms with E-state index in [0.717, 1.165) is 16.8 Å². The third kappa shape index (κ3) is 6.31. The van der Waals surface area contributed by atoms with Gasteiger partial charge in [-0.05, 0) is 29.1 Å². The van der Waals surface area contributed by atoms with Crippen molar-refractivity contribution in [2.75, 3.05) is 18.5 Å². The van der Waals surface area contributed by atoms with E-state index in [2.05, 4.69) is 5.32 Å². The zero-order chi connectivity index (χ0) is 22.8. The van der Waals surface area contributed by atoms with Crippen LogP contribution in [0.1, 0.15) is 18.1 Å². The molecule has 32 heavy (non-hydrogen) atoms. The molecule has 0 aliphatic carbocycles. The molecule has 166 valence electrons. The normalized spacial score (nSPS) is 11.8. The van der Waals surface area contributed by atoms with Crippen molar-refractivity contribution in [2.45, 2.75) is 12.5 Å². The van der Waals surface area contributed by atoms with Gasteiger partial charge >= 0.3 is 6.09 Å². The first kappa shape index (κ1) is 22.8. The van der Waals surface area contributed by atoms with Crippen molar-refractivity contribution in [1.82, 2.24) is 5.48 Å². The van der Waals surface area contributed by atoms with Crippen molar-refractivity contribution in [3.05, 3.63) is 84.4 Å². The Morgan fingerprint density at radius 1 is 1.00 bits per heavy atom. The molecule has 3 rings (SSSR count). The Balaban J connectivity index is 1.75. The summed E-state index contributed by atoms with van der Waals surface area (Å²) in [7, 11) is 0. The molecular weight excluding hydrogens is 412 g/mol. The molecule has 0 aromatic heterocycles. The fourth-order valence-electron chi connectivity index (χ4n) is 3.13. The maximum Gasteiger partial charge on any atom is 0.412 e. The minimum absolute atomic E-state index is 0.0977. The van der Waals surface area contributed by atoms with Crippen molar-refractivity contribution in [3.8, 4) is 5.75 Å². The third-order valence-corrected chi connectivity index (χ3v) is 4.62. The summed E-state index contributed by atoms with van der Waals surface area (Å²) in [5, 5.41) is 22.2. The number of aliphatic hydroxyl groups is 1. The smallest absolute Gasteiger partial charge is 0.412 e. The van der Waals surface area contributed by atoms with E-state index in [4.69, 9.17) is 19.8 Å². The minimum atomic E-state index is -0.695. The SMILES string of the molecule is O=C(/C=C/C[C@H](OC(=O)Nc1cccc2ccccc12)c1ccc(OCCO)cc1)NO. The van der Waals surface area contributed by atoms with Crippen LogP contribution in [-0.4, -0.2) is 35.5 Å². The van der Waals surface area contributed by atoms with Crippen LogP contribution in [0.15, 0.2) is 78.9 Å². The molecule has 0 bridgehead atoms. The average Bonchev–Trinajstić information content (AvgIpc) is 2.82. The average molecular weight is 436 g/mol. The third-order valence-electron chi connectivity index (χ3n) is 4.62. The number of carbonyl (C=O) groups is 2. The Kier molecular flexibility index (Phi) is 8.19. The predicted octanol–water partition coefficient (Wildman–Crippen LogP) is 3.95. The summed E-state index contributed by atoms with van der Waals surface area (Å²) in [5.74, 6) is -0.117. The van der Waals surface area contributed by atoms with Gasteiger partial charge in [0.05, 0.1) is 12.3 Å². The molecular formula is C24H24N2O6. The van der Waals surface area contributed by atoms with Gasteiger partial charge in [-0.15, -0.1) is 0 Å². The maximum absolute atomic E-state index is 12.7. The first-order chi connectivity index (χ1) is 15.6. The summed E-state index contributed by atoms with van der Waals surface area (Å²) in [4.78, 5) is 23.9. The number of amides is 2. The quantitative estimate of drug-likeness (QED) is 0.229. The van der Waals surface area contributed by atoms with E-state index < -0.39 is 18.1 Å². The monoisotopic (exact) mass is 436 g/mol. The van der Waals surface area contributed by atoms with Crippen LogP contribution >= 0.6 is 0 Å². The molecule has 0 spiro atoms. The lowest BCUT2D eigenvalue weighted by molar-refractivity contribution is -0.124. The predicted molar refractivity (Wildman–Crippen MR) is 120 cm³/mol. The standard InChI is InChI=1S/C24H24N2O6/c27-15-16-31-19-13-11-18(12-14-19)22(9-4-10-23(28)26-30)32-24(29)25-21-8-3-6-17-5-1-2-7-20(17)21/h1-8,10-14,22,27,30H,9,15-16H2,(H,25,29)(H,26,28)/b10-4+/t22-/m0/s1. The molecule has 8 heteroatoms. The molecule has 3 aromatic rings. The topological polar surface area (TPSA) is 117 Å². The molecule has 0 radical (unpaired) electrons.